The summed E-state index contributed by atoms with van der Waals surface area (Å²) in [4.78, 5) is 0. The predicted octanol–water partition coefficient (Wildman–Crippen LogP) is 1.23. The van der Waals surface area contributed by atoms with E-state index in [0.29, 0.717) is 5.92 Å². The van der Waals surface area contributed by atoms with Gasteiger partial charge in [0.05, 0.1) is 0 Å². The quantitative estimate of drug-likeness (QED) is 0.523. The average Bonchev–Trinajstić information content (AvgIpc) is 2.22. The lowest BCUT2D eigenvalue weighted by Gasteiger charge is -2.24. The highest BCUT2D eigenvalue weighted by atomic mass is 19.1. The number of nitrogens with two attached hydrogens (primary N) is 1. The molecule has 0 amide bonds. The molecule has 2 aliphatic rings. The Kier molecular flexibility index (Phi) is 0.933. The predicted molar refractivity (Wildman–Crippen MR) is 33.8 cm³/mol. The second-order valence-corrected chi connectivity index (χ2v) is 3.55. The lowest BCUT2D eigenvalue weighted by Crippen LogP contribution is -2.43. The zero-order chi connectivity index (χ0) is 6.48. The van der Waals surface area contributed by atoms with Gasteiger partial charge in [-0.3, -0.25) is 0 Å². The van der Waals surface area contributed by atoms with Crippen LogP contribution in [0.15, 0.2) is 0 Å². The summed E-state index contributed by atoms with van der Waals surface area (Å²) in [5, 5.41) is 0. The molecule has 2 saturated carbocycles. The van der Waals surface area contributed by atoms with Crippen LogP contribution in [-0.4, -0.2) is 11.7 Å². The molecule has 0 aromatic rings. The summed E-state index contributed by atoms with van der Waals surface area (Å²) in [6.07, 6.45) is 3.05. The zero-order valence-corrected chi connectivity index (χ0v) is 5.44. The van der Waals surface area contributed by atoms with Gasteiger partial charge in [0.15, 0.2) is 0 Å². The number of alkyl halides is 1. The molecular formula is C7H12FN. The van der Waals surface area contributed by atoms with Crippen LogP contribution < -0.4 is 5.73 Å². The van der Waals surface area contributed by atoms with E-state index in [1.807, 2.05) is 0 Å². The molecule has 0 radical (unpaired) electrons. The molecular weight excluding hydrogens is 117 g/mol. The number of halogens is 1. The summed E-state index contributed by atoms with van der Waals surface area (Å²) in [5.41, 5.74) is 5.37. The summed E-state index contributed by atoms with van der Waals surface area (Å²) in [5.74, 6) is 0.616. The van der Waals surface area contributed by atoms with E-state index in [9.17, 15) is 4.39 Å². The molecule has 2 heteroatoms. The fourth-order valence-electron chi connectivity index (χ4n) is 2.23. The van der Waals surface area contributed by atoms with Gasteiger partial charge < -0.3 is 5.73 Å². The van der Waals surface area contributed by atoms with Gasteiger partial charge in [0.2, 0.25) is 0 Å². The van der Waals surface area contributed by atoms with Crippen molar-refractivity contribution in [1.29, 1.82) is 0 Å². The van der Waals surface area contributed by atoms with Crippen molar-refractivity contribution in [1.82, 2.24) is 0 Å². The minimum atomic E-state index is -0.698. The van der Waals surface area contributed by atoms with Gasteiger partial charge in [0.1, 0.15) is 6.17 Å². The van der Waals surface area contributed by atoms with Crippen LogP contribution in [0.5, 0.6) is 0 Å². The monoisotopic (exact) mass is 129 g/mol. The van der Waals surface area contributed by atoms with E-state index in [0.717, 1.165) is 25.7 Å². The number of hydrogen-bond acceptors (Lipinski definition) is 1. The molecule has 2 bridgehead atoms. The van der Waals surface area contributed by atoms with Crippen molar-refractivity contribution in [3.05, 3.63) is 0 Å². The van der Waals surface area contributed by atoms with Gasteiger partial charge >= 0.3 is 0 Å². The maximum Gasteiger partial charge on any atom is 0.118 e. The Balaban J connectivity index is 2.22. The second-order valence-electron chi connectivity index (χ2n) is 3.55. The highest BCUT2D eigenvalue weighted by Gasteiger charge is 2.49. The lowest BCUT2D eigenvalue weighted by molar-refractivity contribution is 0.198. The molecule has 2 N–H and O–H groups in total. The normalized spacial score (nSPS) is 56.7. The molecule has 2 rings (SSSR count). The first-order valence-corrected chi connectivity index (χ1v) is 3.64. The Bertz CT molecular complexity index is 137. The van der Waals surface area contributed by atoms with Gasteiger partial charge in [-0.25, -0.2) is 4.39 Å². The average molecular weight is 129 g/mol. The topological polar surface area (TPSA) is 26.0 Å². The van der Waals surface area contributed by atoms with E-state index in [2.05, 4.69) is 0 Å². The van der Waals surface area contributed by atoms with Crippen molar-refractivity contribution < 1.29 is 4.39 Å². The van der Waals surface area contributed by atoms with Crippen molar-refractivity contribution in [2.75, 3.05) is 0 Å². The van der Waals surface area contributed by atoms with Crippen LogP contribution in [0.4, 0.5) is 4.39 Å². The van der Waals surface area contributed by atoms with Gasteiger partial charge in [-0.15, -0.1) is 0 Å². The molecule has 0 heterocycles. The van der Waals surface area contributed by atoms with Gasteiger partial charge in [-0.05, 0) is 31.6 Å². The molecule has 0 spiro atoms. The Morgan fingerprint density at radius 1 is 1.56 bits per heavy atom. The van der Waals surface area contributed by atoms with E-state index in [4.69, 9.17) is 5.73 Å². The van der Waals surface area contributed by atoms with Crippen molar-refractivity contribution >= 4 is 0 Å². The minimum absolute atomic E-state index is 0.398. The largest absolute Gasteiger partial charge is 0.323 e. The molecule has 0 aliphatic heterocycles. The smallest absolute Gasteiger partial charge is 0.118 e. The maximum atomic E-state index is 12.9. The third kappa shape index (κ3) is 0.627. The van der Waals surface area contributed by atoms with Crippen LogP contribution >= 0.6 is 0 Å². The fourth-order valence-corrected chi connectivity index (χ4v) is 2.23. The summed E-state index contributed by atoms with van der Waals surface area (Å²) in [6, 6.07) is 0. The third-order valence-electron chi connectivity index (χ3n) is 2.85. The number of rotatable bonds is 0. The minimum Gasteiger partial charge on any atom is -0.323 e. The second kappa shape index (κ2) is 1.48. The first-order chi connectivity index (χ1) is 4.21. The zero-order valence-electron chi connectivity index (χ0n) is 5.44. The summed E-state index contributed by atoms with van der Waals surface area (Å²) in [7, 11) is 0. The highest BCUT2D eigenvalue weighted by Crippen LogP contribution is 2.47. The summed E-state index contributed by atoms with van der Waals surface area (Å²) < 4.78 is 12.9. The standard InChI is InChI=1S/C7H12FN/c8-6-3-5-1-2-7(6,9)4-5/h5-6H,1-4,9H2. The molecule has 1 nitrogen and oxygen atoms in total. The van der Waals surface area contributed by atoms with Gasteiger partial charge in [-0.1, -0.05) is 0 Å². The van der Waals surface area contributed by atoms with E-state index < -0.39 is 11.7 Å². The Morgan fingerprint density at radius 2 is 2.33 bits per heavy atom. The van der Waals surface area contributed by atoms with Crippen LogP contribution in [0.25, 0.3) is 0 Å². The van der Waals surface area contributed by atoms with Crippen LogP contribution in [0.3, 0.4) is 0 Å². The maximum absolute atomic E-state index is 12.9. The van der Waals surface area contributed by atoms with E-state index in [1.54, 1.807) is 0 Å². The molecule has 0 saturated heterocycles. The van der Waals surface area contributed by atoms with Gasteiger partial charge in [0, 0.05) is 5.54 Å². The van der Waals surface area contributed by atoms with E-state index in [1.165, 1.54) is 0 Å². The van der Waals surface area contributed by atoms with Crippen LogP contribution in [0, 0.1) is 5.92 Å². The van der Waals surface area contributed by atoms with Crippen molar-refractivity contribution in [2.45, 2.75) is 37.4 Å². The lowest BCUT2D eigenvalue weighted by atomic mass is 9.93. The molecule has 2 aliphatic carbocycles. The number of fused-ring (bicyclic) bond motifs is 2. The SMILES string of the molecule is NC12CCC(CC1F)C2. The molecule has 2 fully saturated rings. The van der Waals surface area contributed by atoms with Gasteiger partial charge in [0.25, 0.3) is 0 Å². The van der Waals surface area contributed by atoms with Crippen LogP contribution in [0.1, 0.15) is 25.7 Å². The molecule has 9 heavy (non-hydrogen) atoms. The molecule has 0 aromatic heterocycles. The Hall–Kier alpha value is -0.110. The summed E-state index contributed by atoms with van der Waals surface area (Å²) in [6.45, 7) is 0. The van der Waals surface area contributed by atoms with Crippen molar-refractivity contribution in [3.63, 3.8) is 0 Å². The van der Waals surface area contributed by atoms with Crippen molar-refractivity contribution in [2.24, 2.45) is 11.7 Å². The molecule has 3 atom stereocenters. The molecule has 52 valence electrons. The molecule has 3 unspecified atom stereocenters. The Labute approximate surface area is 54.4 Å². The highest BCUT2D eigenvalue weighted by molar-refractivity contribution is 5.06. The third-order valence-corrected chi connectivity index (χ3v) is 2.85. The van der Waals surface area contributed by atoms with Gasteiger partial charge in [-0.2, -0.15) is 0 Å². The Morgan fingerprint density at radius 3 is 2.56 bits per heavy atom. The first-order valence-electron chi connectivity index (χ1n) is 3.64. The number of hydrogen-bond donors (Lipinski definition) is 1. The van der Waals surface area contributed by atoms with E-state index in [-0.39, 0.29) is 0 Å². The van der Waals surface area contributed by atoms with E-state index >= 15 is 0 Å². The van der Waals surface area contributed by atoms with Crippen LogP contribution in [-0.2, 0) is 0 Å². The summed E-state index contributed by atoms with van der Waals surface area (Å²) >= 11 is 0. The first kappa shape index (κ1) is 5.66. The molecule has 0 aromatic carbocycles. The fraction of sp³-hybridized carbons (Fsp3) is 1.00. The van der Waals surface area contributed by atoms with Crippen LogP contribution in [0.2, 0.25) is 0 Å². The van der Waals surface area contributed by atoms with Crippen molar-refractivity contribution in [3.8, 4) is 0 Å².